The molecule has 1 aliphatic rings. The summed E-state index contributed by atoms with van der Waals surface area (Å²) in [5.41, 5.74) is 0. The smallest absolute Gasteiger partial charge is 0.0695 e. The lowest BCUT2D eigenvalue weighted by Gasteiger charge is -2.37. The Balaban J connectivity index is 2.33. The van der Waals surface area contributed by atoms with Gasteiger partial charge in [-0.2, -0.15) is 0 Å². The zero-order valence-corrected chi connectivity index (χ0v) is 11.2. The normalized spacial score (nSPS) is 26.6. The third kappa shape index (κ3) is 4.40. The molecule has 0 heterocycles. The molecular formula is C13H28N2O. The molecule has 0 aromatic heterocycles. The lowest BCUT2D eigenvalue weighted by Crippen LogP contribution is -2.46. The highest BCUT2D eigenvalue weighted by Crippen LogP contribution is 2.23. The zero-order chi connectivity index (χ0) is 12.0. The van der Waals surface area contributed by atoms with Gasteiger partial charge in [0.25, 0.3) is 0 Å². The van der Waals surface area contributed by atoms with Crippen molar-refractivity contribution in [3.63, 3.8) is 0 Å². The molecule has 3 heteroatoms. The van der Waals surface area contributed by atoms with E-state index in [1.54, 1.807) is 0 Å². The highest BCUT2D eigenvalue weighted by atomic mass is 16.3. The fraction of sp³-hybridized carbons (Fsp3) is 1.00. The first-order valence-corrected chi connectivity index (χ1v) is 6.72. The third-order valence-corrected chi connectivity index (χ3v) is 3.62. The first kappa shape index (κ1) is 13.9. The van der Waals surface area contributed by atoms with Crippen molar-refractivity contribution in [2.24, 2.45) is 0 Å². The van der Waals surface area contributed by atoms with E-state index in [2.05, 4.69) is 30.8 Å². The van der Waals surface area contributed by atoms with Gasteiger partial charge in [-0.05, 0) is 53.0 Å². The first-order valence-electron chi connectivity index (χ1n) is 6.72. The SMILES string of the molecule is CCN(CCCN(C)C)[C@@H]1CCCC[C@H]1O. The monoisotopic (exact) mass is 228 g/mol. The Labute approximate surface area is 100 Å². The molecule has 0 aromatic rings. The van der Waals surface area contributed by atoms with Crippen LogP contribution in [0.15, 0.2) is 0 Å². The minimum atomic E-state index is -0.0898. The average Bonchev–Trinajstić information content (AvgIpc) is 2.25. The topological polar surface area (TPSA) is 26.7 Å². The highest BCUT2D eigenvalue weighted by molar-refractivity contribution is 4.82. The van der Waals surface area contributed by atoms with Gasteiger partial charge in [-0.1, -0.05) is 19.8 Å². The van der Waals surface area contributed by atoms with Crippen LogP contribution in [-0.2, 0) is 0 Å². The molecule has 0 amide bonds. The molecule has 2 atom stereocenters. The van der Waals surface area contributed by atoms with Crippen LogP contribution >= 0.6 is 0 Å². The van der Waals surface area contributed by atoms with Crippen molar-refractivity contribution in [2.75, 3.05) is 33.7 Å². The molecule has 3 nitrogen and oxygen atoms in total. The Hall–Kier alpha value is -0.120. The van der Waals surface area contributed by atoms with Crippen LogP contribution in [0.2, 0.25) is 0 Å². The third-order valence-electron chi connectivity index (χ3n) is 3.62. The number of hydrogen-bond acceptors (Lipinski definition) is 3. The van der Waals surface area contributed by atoms with Gasteiger partial charge >= 0.3 is 0 Å². The van der Waals surface area contributed by atoms with E-state index in [0.29, 0.717) is 6.04 Å². The Bertz CT molecular complexity index is 185. The number of nitrogens with zero attached hydrogens (tertiary/aromatic N) is 2. The lowest BCUT2D eigenvalue weighted by atomic mass is 9.91. The molecule has 0 aliphatic heterocycles. The molecule has 0 unspecified atom stereocenters. The second-order valence-corrected chi connectivity index (χ2v) is 5.20. The molecule has 0 spiro atoms. The maximum absolute atomic E-state index is 10.0. The van der Waals surface area contributed by atoms with Crippen molar-refractivity contribution in [1.29, 1.82) is 0 Å². The Morgan fingerprint density at radius 3 is 2.38 bits per heavy atom. The quantitative estimate of drug-likeness (QED) is 0.747. The Kier molecular flexibility index (Phi) is 6.32. The summed E-state index contributed by atoms with van der Waals surface area (Å²) in [6.45, 7) is 5.53. The number of rotatable bonds is 6. The summed E-state index contributed by atoms with van der Waals surface area (Å²) in [6.07, 6.45) is 5.77. The molecule has 0 radical (unpaired) electrons. The predicted molar refractivity (Wildman–Crippen MR) is 68.7 cm³/mol. The van der Waals surface area contributed by atoms with Gasteiger partial charge in [-0.3, -0.25) is 4.90 Å². The minimum Gasteiger partial charge on any atom is -0.391 e. The van der Waals surface area contributed by atoms with E-state index in [1.165, 1.54) is 25.7 Å². The van der Waals surface area contributed by atoms with Crippen molar-refractivity contribution in [3.8, 4) is 0 Å². The van der Waals surface area contributed by atoms with Crippen LogP contribution in [0.5, 0.6) is 0 Å². The summed E-state index contributed by atoms with van der Waals surface area (Å²) < 4.78 is 0. The molecular weight excluding hydrogens is 200 g/mol. The van der Waals surface area contributed by atoms with Gasteiger partial charge in [0, 0.05) is 6.04 Å². The molecule has 0 aromatic carbocycles. The molecule has 1 N–H and O–H groups in total. The number of aliphatic hydroxyl groups excluding tert-OH is 1. The van der Waals surface area contributed by atoms with E-state index in [4.69, 9.17) is 0 Å². The van der Waals surface area contributed by atoms with Gasteiger partial charge in [0.2, 0.25) is 0 Å². The van der Waals surface area contributed by atoms with Gasteiger partial charge < -0.3 is 10.0 Å². The minimum absolute atomic E-state index is 0.0898. The zero-order valence-electron chi connectivity index (χ0n) is 11.2. The van der Waals surface area contributed by atoms with E-state index in [1.807, 2.05) is 0 Å². The maximum atomic E-state index is 10.0. The molecule has 16 heavy (non-hydrogen) atoms. The molecule has 0 bridgehead atoms. The van der Waals surface area contributed by atoms with Crippen LogP contribution in [0, 0.1) is 0 Å². The molecule has 1 saturated carbocycles. The summed E-state index contributed by atoms with van der Waals surface area (Å²) in [5.74, 6) is 0. The average molecular weight is 228 g/mol. The fourth-order valence-electron chi connectivity index (χ4n) is 2.67. The van der Waals surface area contributed by atoms with Crippen molar-refractivity contribution in [3.05, 3.63) is 0 Å². The lowest BCUT2D eigenvalue weighted by molar-refractivity contribution is 0.0209. The van der Waals surface area contributed by atoms with E-state index < -0.39 is 0 Å². The van der Waals surface area contributed by atoms with Crippen LogP contribution < -0.4 is 0 Å². The Morgan fingerprint density at radius 1 is 1.12 bits per heavy atom. The second-order valence-electron chi connectivity index (χ2n) is 5.20. The first-order chi connectivity index (χ1) is 7.65. The van der Waals surface area contributed by atoms with Gasteiger partial charge in [-0.25, -0.2) is 0 Å². The van der Waals surface area contributed by atoms with Crippen LogP contribution in [0.25, 0.3) is 0 Å². The molecule has 0 saturated heterocycles. The van der Waals surface area contributed by atoms with E-state index >= 15 is 0 Å². The van der Waals surface area contributed by atoms with Crippen molar-refractivity contribution < 1.29 is 5.11 Å². The van der Waals surface area contributed by atoms with Crippen molar-refractivity contribution >= 4 is 0 Å². The van der Waals surface area contributed by atoms with Gasteiger partial charge in [0.05, 0.1) is 6.10 Å². The van der Waals surface area contributed by atoms with Crippen LogP contribution in [0.3, 0.4) is 0 Å². The molecule has 1 fully saturated rings. The standard InChI is InChI=1S/C13H28N2O/c1-4-15(11-7-10-14(2)3)12-8-5-6-9-13(12)16/h12-13,16H,4-11H2,1-3H3/t12-,13-/m1/s1. The summed E-state index contributed by atoms with van der Waals surface area (Å²) in [5, 5.41) is 10.0. The summed E-state index contributed by atoms with van der Waals surface area (Å²) in [7, 11) is 4.23. The molecule has 1 aliphatic carbocycles. The van der Waals surface area contributed by atoms with E-state index in [-0.39, 0.29) is 6.10 Å². The van der Waals surface area contributed by atoms with Gasteiger partial charge in [-0.15, -0.1) is 0 Å². The van der Waals surface area contributed by atoms with Crippen molar-refractivity contribution in [1.82, 2.24) is 9.80 Å². The van der Waals surface area contributed by atoms with E-state index in [9.17, 15) is 5.11 Å². The number of aliphatic hydroxyl groups is 1. The maximum Gasteiger partial charge on any atom is 0.0695 e. The van der Waals surface area contributed by atoms with Gasteiger partial charge in [0.1, 0.15) is 0 Å². The highest BCUT2D eigenvalue weighted by Gasteiger charge is 2.27. The fourth-order valence-corrected chi connectivity index (χ4v) is 2.67. The molecule has 1 rings (SSSR count). The van der Waals surface area contributed by atoms with E-state index in [0.717, 1.165) is 26.1 Å². The van der Waals surface area contributed by atoms with Crippen LogP contribution in [-0.4, -0.2) is 60.8 Å². The largest absolute Gasteiger partial charge is 0.391 e. The molecule has 96 valence electrons. The summed E-state index contributed by atoms with van der Waals surface area (Å²) in [6, 6.07) is 0.418. The second kappa shape index (κ2) is 7.25. The summed E-state index contributed by atoms with van der Waals surface area (Å²) in [4.78, 5) is 4.69. The number of hydrogen-bond donors (Lipinski definition) is 1. The van der Waals surface area contributed by atoms with Gasteiger partial charge in [0.15, 0.2) is 0 Å². The number of likely N-dealkylation sites (N-methyl/N-ethyl adjacent to an activating group) is 1. The van der Waals surface area contributed by atoms with Crippen molar-refractivity contribution in [2.45, 2.75) is 51.2 Å². The Morgan fingerprint density at radius 2 is 1.81 bits per heavy atom. The van der Waals surface area contributed by atoms with Crippen LogP contribution in [0.4, 0.5) is 0 Å². The predicted octanol–water partition coefficient (Wildman–Crippen LogP) is 1.56. The summed E-state index contributed by atoms with van der Waals surface area (Å²) >= 11 is 0. The van der Waals surface area contributed by atoms with Crippen LogP contribution in [0.1, 0.15) is 39.0 Å².